The second-order valence-corrected chi connectivity index (χ2v) is 4.47. The Morgan fingerprint density at radius 2 is 2.05 bits per heavy atom. The number of aromatic amines is 1. The number of ether oxygens (including phenoxy) is 1. The number of nitrogens with zero attached hydrogens (tertiary/aromatic N) is 2. The van der Waals surface area contributed by atoms with Crippen LogP contribution in [0.4, 0.5) is 0 Å². The highest BCUT2D eigenvalue weighted by Crippen LogP contribution is 2.25. The zero-order valence-electron chi connectivity index (χ0n) is 10.9. The molecule has 3 rings (SSSR count). The van der Waals surface area contributed by atoms with Crippen LogP contribution in [0.2, 0.25) is 0 Å². The molecule has 1 N–H and O–H groups in total. The van der Waals surface area contributed by atoms with E-state index in [4.69, 9.17) is 4.74 Å². The number of hydrogen-bond donors (Lipinski definition) is 1. The molecule has 0 saturated heterocycles. The van der Waals surface area contributed by atoms with Gasteiger partial charge in [-0.3, -0.25) is 14.9 Å². The molecule has 0 bridgehead atoms. The van der Waals surface area contributed by atoms with Gasteiger partial charge < -0.3 is 4.74 Å². The lowest BCUT2D eigenvalue weighted by molar-refractivity contribution is 0.112. The Bertz CT molecular complexity index is 737. The molecule has 0 radical (unpaired) electrons. The molecule has 0 fully saturated rings. The third-order valence-electron chi connectivity index (χ3n) is 3.16. The topological polar surface area (TPSA) is 67.9 Å². The third-order valence-corrected chi connectivity index (χ3v) is 3.16. The summed E-state index contributed by atoms with van der Waals surface area (Å²) in [7, 11) is 0. The van der Waals surface area contributed by atoms with Crippen molar-refractivity contribution in [2.75, 3.05) is 0 Å². The van der Waals surface area contributed by atoms with Crippen molar-refractivity contribution in [1.29, 1.82) is 0 Å². The van der Waals surface area contributed by atoms with Crippen molar-refractivity contribution in [2.45, 2.75) is 13.0 Å². The van der Waals surface area contributed by atoms with Gasteiger partial charge in [0.25, 0.3) is 0 Å². The smallest absolute Gasteiger partial charge is 0.170 e. The average Bonchev–Trinajstić information content (AvgIpc) is 2.90. The van der Waals surface area contributed by atoms with Gasteiger partial charge in [0.1, 0.15) is 17.5 Å². The molecule has 5 nitrogen and oxygen atoms in total. The first kappa shape index (κ1) is 12.3. The zero-order valence-corrected chi connectivity index (χ0v) is 10.9. The van der Waals surface area contributed by atoms with Crippen LogP contribution in [0.15, 0.2) is 42.7 Å². The van der Waals surface area contributed by atoms with Gasteiger partial charge in [0.15, 0.2) is 6.29 Å². The van der Waals surface area contributed by atoms with Crippen LogP contribution >= 0.6 is 0 Å². The second kappa shape index (κ2) is 5.13. The van der Waals surface area contributed by atoms with E-state index in [9.17, 15) is 4.79 Å². The average molecular weight is 267 g/mol. The molecule has 0 saturated carbocycles. The van der Waals surface area contributed by atoms with Gasteiger partial charge in [-0.15, -0.1) is 0 Å². The quantitative estimate of drug-likeness (QED) is 0.738. The Hall–Kier alpha value is -2.69. The van der Waals surface area contributed by atoms with E-state index in [-0.39, 0.29) is 6.10 Å². The van der Waals surface area contributed by atoms with Crippen molar-refractivity contribution in [3.05, 3.63) is 54.0 Å². The van der Waals surface area contributed by atoms with E-state index in [1.165, 1.54) is 0 Å². The fraction of sp³-hybridized carbons (Fsp3) is 0.133. The first-order chi connectivity index (χ1) is 9.78. The van der Waals surface area contributed by atoms with Gasteiger partial charge in [-0.1, -0.05) is 0 Å². The molecule has 1 unspecified atom stereocenters. The molecule has 100 valence electrons. The van der Waals surface area contributed by atoms with Gasteiger partial charge in [0, 0.05) is 17.8 Å². The van der Waals surface area contributed by atoms with E-state index in [2.05, 4.69) is 15.2 Å². The Morgan fingerprint density at radius 3 is 2.80 bits per heavy atom. The number of H-pyrrole nitrogens is 1. The molecule has 0 aliphatic heterocycles. The summed E-state index contributed by atoms with van der Waals surface area (Å²) in [4.78, 5) is 14.9. The summed E-state index contributed by atoms with van der Waals surface area (Å²) >= 11 is 0. The number of aldehydes is 1. The predicted molar refractivity (Wildman–Crippen MR) is 74.8 cm³/mol. The highest BCUT2D eigenvalue weighted by molar-refractivity contribution is 5.95. The standard InChI is InChI=1S/C15H13N3O2/c1-10(11-4-6-16-7-5-11)20-12-2-3-14-13(8-12)15(9-19)18-17-14/h2-10H,1H3,(H,17,18). The Balaban J connectivity index is 1.89. The van der Waals surface area contributed by atoms with Gasteiger partial charge in [0.2, 0.25) is 0 Å². The summed E-state index contributed by atoms with van der Waals surface area (Å²) in [6.45, 7) is 1.97. The van der Waals surface area contributed by atoms with Crippen molar-refractivity contribution in [2.24, 2.45) is 0 Å². The number of aromatic nitrogens is 3. The lowest BCUT2D eigenvalue weighted by Crippen LogP contribution is -2.02. The minimum atomic E-state index is -0.0953. The van der Waals surface area contributed by atoms with Gasteiger partial charge in [-0.2, -0.15) is 5.10 Å². The Kier molecular flexibility index (Phi) is 3.16. The molecular formula is C15H13N3O2. The molecule has 0 spiro atoms. The third kappa shape index (κ3) is 2.25. The van der Waals surface area contributed by atoms with Gasteiger partial charge in [-0.25, -0.2) is 0 Å². The highest BCUT2D eigenvalue weighted by atomic mass is 16.5. The van der Waals surface area contributed by atoms with E-state index >= 15 is 0 Å². The molecule has 20 heavy (non-hydrogen) atoms. The summed E-state index contributed by atoms with van der Waals surface area (Å²) in [5, 5.41) is 7.50. The Labute approximate surface area is 115 Å². The molecular weight excluding hydrogens is 254 g/mol. The molecule has 0 aliphatic rings. The van der Waals surface area contributed by atoms with Crippen molar-refractivity contribution < 1.29 is 9.53 Å². The molecule has 2 aromatic heterocycles. The fourth-order valence-electron chi connectivity index (χ4n) is 2.08. The number of hydrogen-bond acceptors (Lipinski definition) is 4. The largest absolute Gasteiger partial charge is 0.486 e. The molecule has 5 heteroatoms. The summed E-state index contributed by atoms with van der Waals surface area (Å²) in [6.07, 6.45) is 4.11. The number of benzene rings is 1. The highest BCUT2D eigenvalue weighted by Gasteiger charge is 2.10. The van der Waals surface area contributed by atoms with Gasteiger partial charge >= 0.3 is 0 Å². The second-order valence-electron chi connectivity index (χ2n) is 4.47. The van der Waals surface area contributed by atoms with Crippen LogP contribution in [0.25, 0.3) is 10.9 Å². The molecule has 1 atom stereocenters. The number of carbonyl (C=O) groups is 1. The fourth-order valence-corrected chi connectivity index (χ4v) is 2.08. The minimum absolute atomic E-state index is 0.0953. The van der Waals surface area contributed by atoms with Crippen LogP contribution < -0.4 is 4.74 Å². The summed E-state index contributed by atoms with van der Waals surface area (Å²) in [5.41, 5.74) is 2.25. The van der Waals surface area contributed by atoms with E-state index in [0.29, 0.717) is 11.4 Å². The number of nitrogens with one attached hydrogen (secondary N) is 1. The molecule has 2 heterocycles. The monoisotopic (exact) mass is 267 g/mol. The van der Waals surface area contributed by atoms with Crippen LogP contribution in [0, 0.1) is 0 Å². The van der Waals surface area contributed by atoms with Gasteiger partial charge in [-0.05, 0) is 42.8 Å². The van der Waals surface area contributed by atoms with Crippen LogP contribution in [-0.4, -0.2) is 21.5 Å². The van der Waals surface area contributed by atoms with Crippen LogP contribution in [-0.2, 0) is 0 Å². The van der Waals surface area contributed by atoms with Crippen molar-refractivity contribution >= 4 is 17.2 Å². The maximum Gasteiger partial charge on any atom is 0.170 e. The van der Waals surface area contributed by atoms with Crippen LogP contribution in [0.5, 0.6) is 5.75 Å². The number of fused-ring (bicyclic) bond motifs is 1. The van der Waals surface area contributed by atoms with Gasteiger partial charge in [0.05, 0.1) is 5.52 Å². The van der Waals surface area contributed by atoms with E-state index in [0.717, 1.165) is 22.8 Å². The van der Waals surface area contributed by atoms with Crippen LogP contribution in [0.3, 0.4) is 0 Å². The molecule has 0 amide bonds. The summed E-state index contributed by atoms with van der Waals surface area (Å²) in [5.74, 6) is 0.700. The van der Waals surface area contributed by atoms with Crippen LogP contribution in [0.1, 0.15) is 29.1 Å². The van der Waals surface area contributed by atoms with E-state index in [1.54, 1.807) is 12.4 Å². The maximum atomic E-state index is 10.9. The van der Waals surface area contributed by atoms with E-state index in [1.807, 2.05) is 37.3 Å². The predicted octanol–water partition coefficient (Wildman–Crippen LogP) is 2.91. The summed E-state index contributed by atoms with van der Waals surface area (Å²) in [6, 6.07) is 9.35. The number of rotatable bonds is 4. The number of pyridine rings is 1. The normalized spacial score (nSPS) is 12.2. The lowest BCUT2D eigenvalue weighted by atomic mass is 10.1. The van der Waals surface area contributed by atoms with Crippen molar-refractivity contribution in [3.63, 3.8) is 0 Å². The lowest BCUT2D eigenvalue weighted by Gasteiger charge is -2.14. The van der Waals surface area contributed by atoms with Crippen molar-refractivity contribution in [3.8, 4) is 5.75 Å². The molecule has 3 aromatic rings. The minimum Gasteiger partial charge on any atom is -0.486 e. The Morgan fingerprint density at radius 1 is 1.25 bits per heavy atom. The van der Waals surface area contributed by atoms with E-state index < -0.39 is 0 Å². The van der Waals surface area contributed by atoms with Crippen molar-refractivity contribution in [1.82, 2.24) is 15.2 Å². The first-order valence-electron chi connectivity index (χ1n) is 6.28. The molecule has 0 aliphatic carbocycles. The SMILES string of the molecule is CC(Oc1ccc2[nH]nc(C=O)c2c1)c1ccncc1. The maximum absolute atomic E-state index is 10.9. The zero-order chi connectivity index (χ0) is 13.9. The summed E-state index contributed by atoms with van der Waals surface area (Å²) < 4.78 is 5.89. The molecule has 1 aromatic carbocycles. The first-order valence-corrected chi connectivity index (χ1v) is 6.28. The number of carbonyl (C=O) groups excluding carboxylic acids is 1.